The Morgan fingerprint density at radius 3 is 2.05 bits per heavy atom. The topological polar surface area (TPSA) is 113 Å². The van der Waals surface area contributed by atoms with E-state index in [4.69, 9.17) is 5.11 Å². The van der Waals surface area contributed by atoms with E-state index >= 15 is 0 Å². The zero-order valence-electron chi connectivity index (χ0n) is 13.6. The molecule has 7 heteroatoms. The molecule has 0 fully saturated rings. The molecule has 3 N–H and O–H groups in total. The molecule has 2 amide bonds. The van der Waals surface area contributed by atoms with Gasteiger partial charge in [-0.2, -0.15) is 0 Å². The van der Waals surface area contributed by atoms with Gasteiger partial charge in [0.1, 0.15) is 17.9 Å². The van der Waals surface area contributed by atoms with Gasteiger partial charge in [-0.15, -0.1) is 0 Å². The summed E-state index contributed by atoms with van der Waals surface area (Å²) in [7, 11) is 0. The predicted octanol–water partition coefficient (Wildman–Crippen LogP) is 0.866. The monoisotopic (exact) mass is 314 g/mol. The fraction of sp³-hybridized carbons (Fsp3) is 0.733. The van der Waals surface area contributed by atoms with Crippen LogP contribution in [0.4, 0.5) is 0 Å². The van der Waals surface area contributed by atoms with Crippen LogP contribution in [0.1, 0.15) is 53.4 Å². The van der Waals surface area contributed by atoms with Crippen molar-refractivity contribution in [3.8, 4) is 0 Å². The van der Waals surface area contributed by atoms with Crippen molar-refractivity contribution in [1.29, 1.82) is 0 Å². The van der Waals surface area contributed by atoms with Crippen molar-refractivity contribution in [3.05, 3.63) is 0 Å². The van der Waals surface area contributed by atoms with E-state index in [0.717, 1.165) is 0 Å². The van der Waals surface area contributed by atoms with Crippen molar-refractivity contribution in [2.45, 2.75) is 65.5 Å². The maximum Gasteiger partial charge on any atom is 0.326 e. The van der Waals surface area contributed by atoms with Crippen LogP contribution < -0.4 is 10.6 Å². The van der Waals surface area contributed by atoms with Gasteiger partial charge in [-0.25, -0.2) is 4.79 Å². The van der Waals surface area contributed by atoms with Gasteiger partial charge in [-0.3, -0.25) is 14.4 Å². The van der Waals surface area contributed by atoms with Crippen LogP contribution in [0.15, 0.2) is 0 Å². The number of aliphatic carboxylic acids is 1. The van der Waals surface area contributed by atoms with E-state index in [1.54, 1.807) is 6.92 Å². The molecule has 0 aliphatic rings. The Balaban J connectivity index is 4.77. The lowest BCUT2D eigenvalue weighted by atomic mass is 10.0. The summed E-state index contributed by atoms with van der Waals surface area (Å²) in [6.07, 6.45) is 0.888. The fourth-order valence-corrected chi connectivity index (χ4v) is 1.96. The summed E-state index contributed by atoms with van der Waals surface area (Å²) in [5.41, 5.74) is 0. The van der Waals surface area contributed by atoms with Crippen molar-refractivity contribution < 1.29 is 24.3 Å². The van der Waals surface area contributed by atoms with Crippen molar-refractivity contribution in [2.75, 3.05) is 0 Å². The molecule has 0 aromatic rings. The highest BCUT2D eigenvalue weighted by Gasteiger charge is 2.26. The third-order valence-corrected chi connectivity index (χ3v) is 3.12. The first-order chi connectivity index (χ1) is 10.2. The second-order valence-corrected chi connectivity index (χ2v) is 5.71. The van der Waals surface area contributed by atoms with Gasteiger partial charge in [0.15, 0.2) is 0 Å². The Kier molecular flexibility index (Phi) is 9.05. The molecule has 0 heterocycles. The van der Waals surface area contributed by atoms with Gasteiger partial charge >= 0.3 is 5.97 Å². The molecule has 0 rings (SSSR count). The highest BCUT2D eigenvalue weighted by molar-refractivity contribution is 5.90. The number of ketones is 1. The minimum atomic E-state index is -1.19. The first-order valence-corrected chi connectivity index (χ1v) is 7.49. The predicted molar refractivity (Wildman–Crippen MR) is 81.2 cm³/mol. The molecule has 126 valence electrons. The summed E-state index contributed by atoms with van der Waals surface area (Å²) >= 11 is 0. The maximum absolute atomic E-state index is 12.2. The molecule has 0 radical (unpaired) electrons. The summed E-state index contributed by atoms with van der Waals surface area (Å²) < 4.78 is 0. The number of amides is 2. The van der Waals surface area contributed by atoms with Gasteiger partial charge in [0.25, 0.3) is 0 Å². The number of hydrogen-bond donors (Lipinski definition) is 3. The van der Waals surface area contributed by atoms with E-state index in [-0.39, 0.29) is 30.4 Å². The van der Waals surface area contributed by atoms with Gasteiger partial charge in [0, 0.05) is 19.8 Å². The van der Waals surface area contributed by atoms with Crippen molar-refractivity contribution in [1.82, 2.24) is 10.6 Å². The molecule has 0 saturated carbocycles. The third-order valence-electron chi connectivity index (χ3n) is 3.12. The maximum atomic E-state index is 12.2. The van der Waals surface area contributed by atoms with Crippen LogP contribution in [0.5, 0.6) is 0 Å². The van der Waals surface area contributed by atoms with Gasteiger partial charge in [0.05, 0.1) is 0 Å². The standard InChI is InChI=1S/C15H26N2O5/c1-5-11(19)6-7-12(15(21)22)17-14(20)13(8-9(2)3)16-10(4)18/h9,12-13H,5-8H2,1-4H3,(H,16,18)(H,17,20)(H,21,22)/t12-,13+/m1/s1. The van der Waals surface area contributed by atoms with Crippen LogP contribution in [-0.2, 0) is 19.2 Å². The van der Waals surface area contributed by atoms with E-state index in [2.05, 4.69) is 10.6 Å². The molecule has 0 aliphatic carbocycles. The van der Waals surface area contributed by atoms with E-state index in [9.17, 15) is 19.2 Å². The molecule has 0 spiro atoms. The average molecular weight is 314 g/mol. The van der Waals surface area contributed by atoms with Crippen molar-refractivity contribution in [3.63, 3.8) is 0 Å². The number of carbonyl (C=O) groups excluding carboxylic acids is 3. The Morgan fingerprint density at radius 1 is 1.05 bits per heavy atom. The van der Waals surface area contributed by atoms with Crippen LogP contribution in [0.25, 0.3) is 0 Å². The number of carboxylic acid groups (broad SMARTS) is 1. The van der Waals surface area contributed by atoms with Crippen LogP contribution in [-0.4, -0.2) is 40.8 Å². The van der Waals surface area contributed by atoms with E-state index in [0.29, 0.717) is 12.8 Å². The minimum Gasteiger partial charge on any atom is -0.480 e. The highest BCUT2D eigenvalue weighted by Crippen LogP contribution is 2.07. The van der Waals surface area contributed by atoms with Gasteiger partial charge in [-0.05, 0) is 18.8 Å². The first kappa shape index (κ1) is 20.1. The average Bonchev–Trinajstić information content (AvgIpc) is 2.40. The van der Waals surface area contributed by atoms with Crippen molar-refractivity contribution in [2.24, 2.45) is 5.92 Å². The molecule has 0 bridgehead atoms. The van der Waals surface area contributed by atoms with Crippen LogP contribution >= 0.6 is 0 Å². The lowest BCUT2D eigenvalue weighted by Crippen LogP contribution is -2.51. The molecule has 7 nitrogen and oxygen atoms in total. The third kappa shape index (κ3) is 8.39. The lowest BCUT2D eigenvalue weighted by Gasteiger charge is -2.22. The second-order valence-electron chi connectivity index (χ2n) is 5.71. The largest absolute Gasteiger partial charge is 0.480 e. The molecule has 0 saturated heterocycles. The quantitative estimate of drug-likeness (QED) is 0.554. The summed E-state index contributed by atoms with van der Waals surface area (Å²) in [5, 5.41) is 14.1. The van der Waals surface area contributed by atoms with E-state index in [1.165, 1.54) is 6.92 Å². The van der Waals surface area contributed by atoms with Crippen molar-refractivity contribution >= 4 is 23.6 Å². The van der Waals surface area contributed by atoms with Gasteiger partial charge in [-0.1, -0.05) is 20.8 Å². The Bertz CT molecular complexity index is 420. The number of rotatable bonds is 10. The zero-order valence-corrected chi connectivity index (χ0v) is 13.6. The molecule has 0 aromatic heterocycles. The number of carboxylic acids is 1. The van der Waals surface area contributed by atoms with E-state index < -0.39 is 24.0 Å². The normalized spacial score (nSPS) is 13.3. The summed E-state index contributed by atoms with van der Waals surface area (Å²) in [6.45, 7) is 6.80. The Morgan fingerprint density at radius 2 is 1.64 bits per heavy atom. The minimum absolute atomic E-state index is 0.0439. The SMILES string of the molecule is CCC(=O)CC[C@@H](NC(=O)[C@H](CC(C)C)NC(C)=O)C(=O)O. The van der Waals surface area contributed by atoms with Crippen LogP contribution in [0, 0.1) is 5.92 Å². The molecule has 0 unspecified atom stereocenters. The second kappa shape index (κ2) is 9.92. The number of hydrogen-bond acceptors (Lipinski definition) is 4. The molecular formula is C15H26N2O5. The molecule has 0 aliphatic heterocycles. The molecule has 0 aromatic carbocycles. The van der Waals surface area contributed by atoms with Gasteiger partial charge in [0.2, 0.25) is 11.8 Å². The number of Topliss-reactive ketones (excluding diaryl/α,β-unsaturated/α-hetero) is 1. The molecule has 22 heavy (non-hydrogen) atoms. The zero-order chi connectivity index (χ0) is 17.3. The van der Waals surface area contributed by atoms with Gasteiger partial charge < -0.3 is 15.7 Å². The fourth-order valence-electron chi connectivity index (χ4n) is 1.96. The Labute approximate surface area is 130 Å². The van der Waals surface area contributed by atoms with E-state index in [1.807, 2.05) is 13.8 Å². The lowest BCUT2D eigenvalue weighted by molar-refractivity contribution is -0.142. The first-order valence-electron chi connectivity index (χ1n) is 7.49. The van der Waals surface area contributed by atoms with Crippen LogP contribution in [0.2, 0.25) is 0 Å². The highest BCUT2D eigenvalue weighted by atomic mass is 16.4. The Hall–Kier alpha value is -1.92. The summed E-state index contributed by atoms with van der Waals surface area (Å²) in [5.74, 6) is -1.98. The molecular weight excluding hydrogens is 288 g/mol. The number of nitrogens with one attached hydrogen (secondary N) is 2. The summed E-state index contributed by atoms with van der Waals surface area (Å²) in [4.78, 5) is 45.8. The number of carbonyl (C=O) groups is 4. The molecule has 2 atom stereocenters. The van der Waals surface area contributed by atoms with Crippen LogP contribution in [0.3, 0.4) is 0 Å². The summed E-state index contributed by atoms with van der Waals surface area (Å²) in [6, 6.07) is -1.91. The smallest absolute Gasteiger partial charge is 0.326 e.